The minimum atomic E-state index is 0.899. The van der Waals surface area contributed by atoms with Gasteiger partial charge in [-0.2, -0.15) is 0 Å². The summed E-state index contributed by atoms with van der Waals surface area (Å²) >= 11 is 0. The van der Waals surface area contributed by atoms with E-state index in [9.17, 15) is 0 Å². The molecule has 0 N–H and O–H groups in total. The van der Waals surface area contributed by atoms with E-state index in [0.717, 1.165) is 83.6 Å². The van der Waals surface area contributed by atoms with E-state index in [1.165, 1.54) is 21.8 Å². The van der Waals surface area contributed by atoms with E-state index >= 15 is 0 Å². The summed E-state index contributed by atoms with van der Waals surface area (Å²) in [5.41, 5.74) is 14.1. The molecular formula is C58H39N3O. The molecule has 0 spiro atoms. The Morgan fingerprint density at radius 3 is 1.27 bits per heavy atom. The first kappa shape index (κ1) is 35.6. The first-order valence-corrected chi connectivity index (χ1v) is 21.1. The Bertz CT molecular complexity index is 3480. The Hall–Kier alpha value is -8.34. The quantitative estimate of drug-likeness (QED) is 0.153. The van der Waals surface area contributed by atoms with Crippen molar-refractivity contribution in [2.45, 2.75) is 0 Å². The average Bonchev–Trinajstić information content (AvgIpc) is 3.89. The fourth-order valence-electron chi connectivity index (χ4n) is 9.33. The number of anilines is 6. The lowest BCUT2D eigenvalue weighted by atomic mass is 10.0. The van der Waals surface area contributed by atoms with Crippen LogP contribution < -0.4 is 9.80 Å². The molecule has 2 heterocycles. The van der Waals surface area contributed by atoms with E-state index < -0.39 is 0 Å². The normalized spacial score (nSPS) is 11.5. The summed E-state index contributed by atoms with van der Waals surface area (Å²) in [6, 6.07) is 84.7. The molecule has 0 fully saturated rings. The maximum absolute atomic E-state index is 6.16. The lowest BCUT2D eigenvalue weighted by Gasteiger charge is -2.30. The van der Waals surface area contributed by atoms with Crippen molar-refractivity contribution in [2.75, 3.05) is 9.80 Å². The Kier molecular flexibility index (Phi) is 8.46. The van der Waals surface area contributed by atoms with Crippen LogP contribution in [0.1, 0.15) is 0 Å². The van der Waals surface area contributed by atoms with Gasteiger partial charge in [0, 0.05) is 60.8 Å². The van der Waals surface area contributed by atoms with E-state index in [-0.39, 0.29) is 0 Å². The molecule has 0 unspecified atom stereocenters. The van der Waals surface area contributed by atoms with E-state index in [4.69, 9.17) is 4.42 Å². The number of benzene rings is 10. The lowest BCUT2D eigenvalue weighted by Crippen LogP contribution is -2.13. The molecule has 0 amide bonds. The van der Waals surface area contributed by atoms with Crippen molar-refractivity contribution in [3.63, 3.8) is 0 Å². The van der Waals surface area contributed by atoms with Crippen LogP contribution in [0.25, 0.3) is 71.3 Å². The molecule has 0 radical (unpaired) electrons. The second kappa shape index (κ2) is 14.7. The summed E-state index contributed by atoms with van der Waals surface area (Å²) < 4.78 is 8.54. The standard InChI is InChI=1S/C58H39N3O/c1-3-15-42(16-4-1)59(43-17-5-2-6-18-43)55-36-37-56(50-20-8-7-19-49(50)55)60(44-30-27-40(28-31-44)41-29-38-58-52(39-41)51-23-11-14-26-57(51)62-58)45-32-34-46(35-33-45)61-53-24-12-9-21-47(53)48-22-10-13-25-54(48)61/h1-39H. The van der Waals surface area contributed by atoms with Gasteiger partial charge in [-0.15, -0.1) is 0 Å². The third kappa shape index (κ3) is 5.92. The second-order valence-electron chi connectivity index (χ2n) is 15.7. The average molecular weight is 794 g/mol. The highest BCUT2D eigenvalue weighted by molar-refractivity contribution is 6.10. The van der Waals surface area contributed by atoms with E-state index in [1.807, 2.05) is 12.1 Å². The van der Waals surface area contributed by atoms with Crippen LogP contribution >= 0.6 is 0 Å². The molecular weight excluding hydrogens is 755 g/mol. The lowest BCUT2D eigenvalue weighted by molar-refractivity contribution is 0.669. The molecule has 0 aliphatic heterocycles. The van der Waals surface area contributed by atoms with Crippen molar-refractivity contribution in [3.8, 4) is 16.8 Å². The number of hydrogen-bond donors (Lipinski definition) is 0. The molecule has 0 atom stereocenters. The Labute approximate surface area is 359 Å². The monoisotopic (exact) mass is 793 g/mol. The van der Waals surface area contributed by atoms with Gasteiger partial charge in [0.25, 0.3) is 0 Å². The van der Waals surface area contributed by atoms with Gasteiger partial charge in [-0.05, 0) is 114 Å². The number of rotatable bonds is 8. The van der Waals surface area contributed by atoms with Crippen LogP contribution in [-0.2, 0) is 0 Å². The third-order valence-electron chi connectivity index (χ3n) is 12.2. The van der Waals surface area contributed by atoms with Crippen molar-refractivity contribution >= 4 is 88.6 Å². The van der Waals surface area contributed by atoms with Gasteiger partial charge in [0.05, 0.1) is 22.4 Å². The summed E-state index contributed by atoms with van der Waals surface area (Å²) in [4.78, 5) is 4.75. The molecule has 0 saturated carbocycles. The van der Waals surface area contributed by atoms with E-state index in [0.29, 0.717) is 0 Å². The number of hydrogen-bond acceptors (Lipinski definition) is 3. The maximum atomic E-state index is 6.16. The summed E-state index contributed by atoms with van der Waals surface area (Å²) in [6.07, 6.45) is 0. The smallest absolute Gasteiger partial charge is 0.135 e. The minimum absolute atomic E-state index is 0.899. The second-order valence-corrected chi connectivity index (χ2v) is 15.7. The third-order valence-corrected chi connectivity index (χ3v) is 12.2. The summed E-state index contributed by atoms with van der Waals surface area (Å²) in [7, 11) is 0. The van der Waals surface area contributed by atoms with Gasteiger partial charge in [0.1, 0.15) is 11.2 Å². The van der Waals surface area contributed by atoms with Gasteiger partial charge < -0.3 is 18.8 Å². The SMILES string of the molecule is c1ccc(N(c2ccccc2)c2ccc(N(c3ccc(-c4ccc5oc6ccccc6c5c4)cc3)c3ccc(-n4c5ccccc5c5ccccc54)cc3)c3ccccc23)cc1. The maximum Gasteiger partial charge on any atom is 0.135 e. The molecule has 10 aromatic carbocycles. The van der Waals surface area contributed by atoms with Crippen LogP contribution in [0.4, 0.5) is 34.1 Å². The number of aromatic nitrogens is 1. The van der Waals surface area contributed by atoms with E-state index in [2.05, 4.69) is 239 Å². The van der Waals surface area contributed by atoms with Gasteiger partial charge in [-0.25, -0.2) is 0 Å². The highest BCUT2D eigenvalue weighted by Gasteiger charge is 2.21. The number of furan rings is 1. The summed E-state index contributed by atoms with van der Waals surface area (Å²) in [5.74, 6) is 0. The predicted molar refractivity (Wildman–Crippen MR) is 260 cm³/mol. The predicted octanol–water partition coefficient (Wildman–Crippen LogP) is 16.4. The largest absolute Gasteiger partial charge is 0.456 e. The molecule has 0 aliphatic rings. The molecule has 4 nitrogen and oxygen atoms in total. The molecule has 12 rings (SSSR count). The van der Waals surface area contributed by atoms with Crippen molar-refractivity contribution < 1.29 is 4.42 Å². The molecule has 62 heavy (non-hydrogen) atoms. The summed E-state index contributed by atoms with van der Waals surface area (Å²) in [5, 5.41) is 7.06. The number of para-hydroxylation sites is 5. The van der Waals surface area contributed by atoms with Crippen LogP contribution in [0, 0.1) is 0 Å². The van der Waals surface area contributed by atoms with Crippen molar-refractivity contribution in [1.82, 2.24) is 4.57 Å². The zero-order valence-electron chi connectivity index (χ0n) is 33.8. The van der Waals surface area contributed by atoms with Crippen LogP contribution in [0.2, 0.25) is 0 Å². The van der Waals surface area contributed by atoms with Gasteiger partial charge >= 0.3 is 0 Å². The highest BCUT2D eigenvalue weighted by Crippen LogP contribution is 2.46. The van der Waals surface area contributed by atoms with Crippen LogP contribution in [0.5, 0.6) is 0 Å². The van der Waals surface area contributed by atoms with Gasteiger partial charge in [-0.3, -0.25) is 0 Å². The molecule has 0 bridgehead atoms. The van der Waals surface area contributed by atoms with Crippen LogP contribution in [0.15, 0.2) is 241 Å². The first-order valence-electron chi connectivity index (χ1n) is 21.1. The van der Waals surface area contributed by atoms with Crippen molar-refractivity contribution in [2.24, 2.45) is 0 Å². The topological polar surface area (TPSA) is 24.6 Å². The van der Waals surface area contributed by atoms with Gasteiger partial charge in [0.15, 0.2) is 0 Å². The van der Waals surface area contributed by atoms with Gasteiger partial charge in [-0.1, -0.05) is 133 Å². The van der Waals surface area contributed by atoms with E-state index in [1.54, 1.807) is 0 Å². The Morgan fingerprint density at radius 2 is 0.710 bits per heavy atom. The minimum Gasteiger partial charge on any atom is -0.456 e. The zero-order chi connectivity index (χ0) is 41.0. The molecule has 0 saturated heterocycles. The Morgan fingerprint density at radius 1 is 0.290 bits per heavy atom. The van der Waals surface area contributed by atoms with Crippen molar-refractivity contribution in [1.29, 1.82) is 0 Å². The number of fused-ring (bicyclic) bond motifs is 7. The fraction of sp³-hybridized carbons (Fsp3) is 0. The fourth-order valence-corrected chi connectivity index (χ4v) is 9.33. The first-order chi connectivity index (χ1) is 30.8. The van der Waals surface area contributed by atoms with Crippen LogP contribution in [0.3, 0.4) is 0 Å². The van der Waals surface area contributed by atoms with Crippen LogP contribution in [-0.4, -0.2) is 4.57 Å². The molecule has 0 aliphatic carbocycles. The Balaban J connectivity index is 1.02. The zero-order valence-corrected chi connectivity index (χ0v) is 33.8. The molecule has 12 aromatic rings. The van der Waals surface area contributed by atoms with Crippen molar-refractivity contribution in [3.05, 3.63) is 237 Å². The molecule has 292 valence electrons. The molecule has 4 heteroatoms. The highest BCUT2D eigenvalue weighted by atomic mass is 16.3. The number of nitrogens with zero attached hydrogens (tertiary/aromatic N) is 3. The summed E-state index contributed by atoms with van der Waals surface area (Å²) in [6.45, 7) is 0. The molecule has 2 aromatic heterocycles. The van der Waals surface area contributed by atoms with Gasteiger partial charge in [0.2, 0.25) is 0 Å².